The normalized spacial score (nSPS) is 13.1. The van der Waals surface area contributed by atoms with Gasteiger partial charge in [-0.2, -0.15) is 13.2 Å². The number of rotatable bonds is 8. The topological polar surface area (TPSA) is 49.9 Å². The first-order chi connectivity index (χ1) is 15.8. The molecule has 1 atom stereocenters. The maximum absolute atomic E-state index is 13.1. The number of halogens is 6. The average molecular weight is 538 g/mol. The number of amides is 2. The third kappa shape index (κ3) is 7.04. The molecule has 0 saturated heterocycles. The Balaban J connectivity index is 2.51. The molecule has 2 amide bonds. The Morgan fingerprint density at radius 1 is 1.03 bits per heavy atom. The van der Waals surface area contributed by atoms with E-state index in [9.17, 15) is 22.8 Å². The van der Waals surface area contributed by atoms with Gasteiger partial charge in [-0.05, 0) is 48.4 Å². The van der Waals surface area contributed by atoms with Gasteiger partial charge >= 0.3 is 12.3 Å². The molecule has 0 N–H and O–H groups in total. The number of nitrogens with zero attached hydrogens (tertiary/aromatic N) is 2. The molecule has 0 aliphatic heterocycles. The lowest BCUT2D eigenvalue weighted by Gasteiger charge is -2.43. The van der Waals surface area contributed by atoms with Crippen LogP contribution in [-0.2, 0) is 10.3 Å². The van der Waals surface area contributed by atoms with E-state index in [1.165, 1.54) is 61.5 Å². The summed E-state index contributed by atoms with van der Waals surface area (Å²) in [5, 5.41) is 0.844. The van der Waals surface area contributed by atoms with E-state index in [0.29, 0.717) is 10.6 Å². The molecule has 0 radical (unpaired) electrons. The number of hydrogen-bond donors (Lipinski definition) is 0. The maximum Gasteiger partial charge on any atom is 0.415 e. The molecule has 0 unspecified atom stereocenters. The summed E-state index contributed by atoms with van der Waals surface area (Å²) in [4.78, 5) is 27.5. The van der Waals surface area contributed by atoms with Gasteiger partial charge < -0.3 is 9.64 Å². The Hall–Kier alpha value is -2.42. The molecular formula is C23H22Cl3F3N2O3. The fraction of sp³-hybridized carbons (Fsp3) is 0.304. The summed E-state index contributed by atoms with van der Waals surface area (Å²) in [7, 11) is 2.63. The first-order valence-corrected chi connectivity index (χ1v) is 11.0. The van der Waals surface area contributed by atoms with E-state index in [1.807, 2.05) is 0 Å². The molecule has 2 aromatic rings. The summed E-state index contributed by atoms with van der Waals surface area (Å²) in [6, 6.07) is 10.6. The monoisotopic (exact) mass is 536 g/mol. The van der Waals surface area contributed by atoms with E-state index in [-0.39, 0.29) is 28.8 Å². The molecule has 0 aromatic heterocycles. The van der Waals surface area contributed by atoms with Gasteiger partial charge in [0, 0.05) is 25.7 Å². The Morgan fingerprint density at radius 2 is 1.65 bits per heavy atom. The van der Waals surface area contributed by atoms with Crippen LogP contribution in [-0.4, -0.2) is 48.6 Å². The molecular weight excluding hydrogens is 516 g/mol. The average Bonchev–Trinajstić information content (AvgIpc) is 2.75. The predicted molar refractivity (Wildman–Crippen MR) is 127 cm³/mol. The number of alkyl halides is 3. The minimum Gasteiger partial charge on any atom is -0.410 e. The molecule has 2 rings (SSSR count). The summed E-state index contributed by atoms with van der Waals surface area (Å²) in [6.07, 6.45) is -5.62. The van der Waals surface area contributed by atoms with E-state index in [2.05, 4.69) is 6.58 Å². The maximum atomic E-state index is 13.1. The number of benzene rings is 2. The highest BCUT2D eigenvalue weighted by Crippen LogP contribution is 2.37. The van der Waals surface area contributed by atoms with Gasteiger partial charge in [0.2, 0.25) is 5.91 Å². The number of hydrogen-bond acceptors (Lipinski definition) is 3. The quantitative estimate of drug-likeness (QED) is 0.342. The van der Waals surface area contributed by atoms with Gasteiger partial charge in [0.05, 0.1) is 15.6 Å². The van der Waals surface area contributed by atoms with Crippen LogP contribution < -0.4 is 4.74 Å². The molecule has 0 fully saturated rings. The summed E-state index contributed by atoms with van der Waals surface area (Å²) in [5.74, 6) is -0.968. The Labute approximate surface area is 210 Å². The van der Waals surface area contributed by atoms with Crippen LogP contribution in [0, 0.1) is 0 Å². The van der Waals surface area contributed by atoms with Crippen LogP contribution in [0.4, 0.5) is 18.0 Å². The first-order valence-electron chi connectivity index (χ1n) is 9.87. The van der Waals surface area contributed by atoms with Gasteiger partial charge in [-0.15, -0.1) is 6.58 Å². The standard InChI is InChI=1S/C23H22Cl3F3N2O3/c1-4-11-22(15-5-10-18(25)19(26)12-15,14-30(2)20(32)13-23(27,28)29)31(3)21(33)34-17-8-6-16(24)7-9-17/h4-10,12H,1,11,13-14H2,2-3H3/t22-/m1/s1. The Kier molecular flexibility index (Phi) is 9.28. The van der Waals surface area contributed by atoms with Crippen LogP contribution in [0.2, 0.25) is 15.1 Å². The van der Waals surface area contributed by atoms with Gasteiger partial charge in [-0.1, -0.05) is 46.9 Å². The minimum absolute atomic E-state index is 0.0564. The van der Waals surface area contributed by atoms with Crippen LogP contribution in [0.5, 0.6) is 5.75 Å². The second-order valence-corrected chi connectivity index (χ2v) is 8.83. The van der Waals surface area contributed by atoms with Crippen LogP contribution in [0.15, 0.2) is 55.1 Å². The number of ether oxygens (including phenoxy) is 1. The lowest BCUT2D eigenvalue weighted by atomic mass is 9.84. The van der Waals surface area contributed by atoms with E-state index >= 15 is 0 Å². The SMILES string of the molecule is C=CC[C@@](CN(C)C(=O)CC(F)(F)F)(c1ccc(Cl)c(Cl)c1)N(C)C(=O)Oc1ccc(Cl)cc1. The number of carbonyl (C=O) groups excluding carboxylic acids is 2. The highest BCUT2D eigenvalue weighted by molar-refractivity contribution is 6.42. The second kappa shape index (κ2) is 11.3. The molecule has 184 valence electrons. The molecule has 0 saturated carbocycles. The zero-order chi connectivity index (χ0) is 25.7. The van der Waals surface area contributed by atoms with Gasteiger partial charge in [0.1, 0.15) is 12.2 Å². The van der Waals surface area contributed by atoms with Crippen molar-refractivity contribution in [2.45, 2.75) is 24.6 Å². The van der Waals surface area contributed by atoms with E-state index < -0.39 is 30.1 Å². The molecule has 0 aliphatic rings. The molecule has 0 aliphatic carbocycles. The van der Waals surface area contributed by atoms with E-state index in [1.54, 1.807) is 6.07 Å². The van der Waals surface area contributed by atoms with Crippen LogP contribution in [0.3, 0.4) is 0 Å². The van der Waals surface area contributed by atoms with Gasteiger partial charge in [0.25, 0.3) is 0 Å². The van der Waals surface area contributed by atoms with Crippen LogP contribution >= 0.6 is 34.8 Å². The third-order valence-electron chi connectivity index (χ3n) is 5.15. The zero-order valence-electron chi connectivity index (χ0n) is 18.3. The molecule has 5 nitrogen and oxygen atoms in total. The van der Waals surface area contributed by atoms with Gasteiger partial charge in [0.15, 0.2) is 0 Å². The van der Waals surface area contributed by atoms with Crippen molar-refractivity contribution in [1.82, 2.24) is 9.80 Å². The van der Waals surface area contributed by atoms with Crippen LogP contribution in [0.25, 0.3) is 0 Å². The zero-order valence-corrected chi connectivity index (χ0v) is 20.6. The van der Waals surface area contributed by atoms with Gasteiger partial charge in [-0.25, -0.2) is 4.79 Å². The van der Waals surface area contributed by atoms with Crippen molar-refractivity contribution in [2.75, 3.05) is 20.6 Å². The fourth-order valence-corrected chi connectivity index (χ4v) is 3.79. The van der Waals surface area contributed by atoms with Crippen molar-refractivity contribution in [1.29, 1.82) is 0 Å². The summed E-state index contributed by atoms with van der Waals surface area (Å²) in [5.41, 5.74) is -0.959. The lowest BCUT2D eigenvalue weighted by molar-refractivity contribution is -0.161. The van der Waals surface area contributed by atoms with Crippen molar-refractivity contribution in [2.24, 2.45) is 0 Å². The summed E-state index contributed by atoms with van der Waals surface area (Å²) in [6.45, 7) is 3.41. The minimum atomic E-state index is -4.69. The number of carbonyl (C=O) groups is 2. The molecule has 2 aromatic carbocycles. The third-order valence-corrected chi connectivity index (χ3v) is 6.14. The largest absolute Gasteiger partial charge is 0.415 e. The first kappa shape index (κ1) is 27.8. The van der Waals surface area contributed by atoms with Crippen molar-refractivity contribution in [3.63, 3.8) is 0 Å². The van der Waals surface area contributed by atoms with Crippen molar-refractivity contribution in [3.8, 4) is 5.75 Å². The Bertz CT molecular complexity index is 1050. The smallest absolute Gasteiger partial charge is 0.410 e. The highest BCUT2D eigenvalue weighted by atomic mass is 35.5. The van der Waals surface area contributed by atoms with Crippen molar-refractivity contribution in [3.05, 3.63) is 75.8 Å². The fourth-order valence-electron chi connectivity index (χ4n) is 3.37. The van der Waals surface area contributed by atoms with Crippen molar-refractivity contribution < 1.29 is 27.5 Å². The lowest BCUT2D eigenvalue weighted by Crippen LogP contribution is -2.55. The molecule has 0 spiro atoms. The molecule has 0 bridgehead atoms. The second-order valence-electron chi connectivity index (χ2n) is 7.58. The molecule has 34 heavy (non-hydrogen) atoms. The molecule has 11 heteroatoms. The highest BCUT2D eigenvalue weighted by Gasteiger charge is 2.43. The Morgan fingerprint density at radius 3 is 2.18 bits per heavy atom. The van der Waals surface area contributed by atoms with Gasteiger partial charge in [-0.3, -0.25) is 9.69 Å². The predicted octanol–water partition coefficient (Wildman–Crippen LogP) is 6.96. The summed E-state index contributed by atoms with van der Waals surface area (Å²) >= 11 is 18.1. The van der Waals surface area contributed by atoms with E-state index in [4.69, 9.17) is 39.5 Å². The van der Waals surface area contributed by atoms with Crippen LogP contribution in [0.1, 0.15) is 18.4 Å². The van der Waals surface area contributed by atoms with E-state index in [0.717, 1.165) is 4.90 Å². The van der Waals surface area contributed by atoms with Crippen molar-refractivity contribution >= 4 is 46.8 Å². The number of likely N-dealkylation sites (N-methyl/N-ethyl adjacent to an activating group) is 2. The summed E-state index contributed by atoms with van der Waals surface area (Å²) < 4.78 is 43.9. The molecule has 0 heterocycles.